The molecule has 6 nitrogen and oxygen atoms in total. The van der Waals surface area contributed by atoms with Crippen molar-refractivity contribution in [3.05, 3.63) is 47.2 Å². The van der Waals surface area contributed by atoms with Gasteiger partial charge < -0.3 is 10.6 Å². The highest BCUT2D eigenvalue weighted by Crippen LogP contribution is 2.33. The van der Waals surface area contributed by atoms with Crippen LogP contribution in [0, 0.1) is 5.82 Å². The van der Waals surface area contributed by atoms with Gasteiger partial charge in [-0.05, 0) is 43.3 Å². The van der Waals surface area contributed by atoms with Gasteiger partial charge in [-0.25, -0.2) is 12.8 Å². The summed E-state index contributed by atoms with van der Waals surface area (Å²) in [5.41, 5.74) is 0.729. The molecule has 1 heterocycles. The van der Waals surface area contributed by atoms with Crippen LogP contribution in [0.5, 0.6) is 0 Å². The molecule has 0 aliphatic carbocycles. The Morgan fingerprint density at radius 2 is 2.07 bits per heavy atom. The summed E-state index contributed by atoms with van der Waals surface area (Å²) in [7, 11) is -3.81. The highest BCUT2D eigenvalue weighted by atomic mass is 35.5. The maximum absolute atomic E-state index is 13.2. The number of fused-ring (bicyclic) bond motifs is 1. The first-order chi connectivity index (χ1) is 13.7. The minimum atomic E-state index is -3.81. The van der Waals surface area contributed by atoms with Crippen molar-refractivity contribution in [1.29, 1.82) is 0 Å². The fourth-order valence-electron chi connectivity index (χ4n) is 2.77. The van der Waals surface area contributed by atoms with E-state index in [2.05, 4.69) is 10.6 Å². The number of rotatable bonds is 5. The van der Waals surface area contributed by atoms with Crippen LogP contribution in [-0.2, 0) is 19.4 Å². The van der Waals surface area contributed by atoms with E-state index >= 15 is 0 Å². The van der Waals surface area contributed by atoms with Crippen LogP contribution >= 0.6 is 23.4 Å². The van der Waals surface area contributed by atoms with Gasteiger partial charge in [-0.1, -0.05) is 11.6 Å². The Labute approximate surface area is 177 Å². The summed E-state index contributed by atoms with van der Waals surface area (Å²) in [4.78, 5) is 24.8. The summed E-state index contributed by atoms with van der Waals surface area (Å²) in [5, 5.41) is 4.07. The first kappa shape index (κ1) is 21.6. The van der Waals surface area contributed by atoms with E-state index in [-0.39, 0.29) is 27.9 Å². The Hall–Kier alpha value is -2.10. The van der Waals surface area contributed by atoms with E-state index in [4.69, 9.17) is 11.6 Å². The SMILES string of the molecule is C[C@H](CC(=O)Nc1ccc(F)c(Cl)c1)S(=O)(=O)c1ccc2c(c1)NC(=O)CCS2. The predicted octanol–water partition coefficient (Wildman–Crippen LogP) is 4.10. The maximum atomic E-state index is 13.2. The van der Waals surface area contributed by atoms with Gasteiger partial charge in [-0.15, -0.1) is 11.8 Å². The molecular formula is C19H18ClFN2O4S2. The average molecular weight is 457 g/mol. The van der Waals surface area contributed by atoms with Crippen molar-refractivity contribution < 1.29 is 22.4 Å². The number of sulfone groups is 1. The number of hydrogen-bond acceptors (Lipinski definition) is 5. The smallest absolute Gasteiger partial charge is 0.225 e. The van der Waals surface area contributed by atoms with Gasteiger partial charge >= 0.3 is 0 Å². The van der Waals surface area contributed by atoms with Crippen LogP contribution in [0.1, 0.15) is 19.8 Å². The molecule has 2 N–H and O–H groups in total. The first-order valence-corrected chi connectivity index (χ1v) is 11.6. The lowest BCUT2D eigenvalue weighted by molar-refractivity contribution is -0.116. The van der Waals surface area contributed by atoms with Crippen LogP contribution < -0.4 is 10.6 Å². The lowest BCUT2D eigenvalue weighted by Gasteiger charge is -2.15. The summed E-state index contributed by atoms with van der Waals surface area (Å²) in [6.07, 6.45) is 0.0565. The number of thioether (sulfide) groups is 1. The monoisotopic (exact) mass is 456 g/mol. The molecular weight excluding hydrogens is 439 g/mol. The van der Waals surface area contributed by atoms with Gasteiger partial charge in [-0.2, -0.15) is 0 Å². The number of carbonyl (C=O) groups excluding carboxylic acids is 2. The van der Waals surface area contributed by atoms with Crippen molar-refractivity contribution in [1.82, 2.24) is 0 Å². The van der Waals surface area contributed by atoms with Gasteiger partial charge in [-0.3, -0.25) is 9.59 Å². The first-order valence-electron chi connectivity index (χ1n) is 8.72. The second-order valence-electron chi connectivity index (χ2n) is 6.54. The van der Waals surface area contributed by atoms with Gasteiger partial charge in [0.1, 0.15) is 5.82 Å². The number of halogens is 2. The molecule has 0 aromatic heterocycles. The molecule has 2 amide bonds. The van der Waals surface area contributed by atoms with Gasteiger partial charge in [0, 0.05) is 29.2 Å². The van der Waals surface area contributed by atoms with E-state index in [0.717, 1.165) is 11.0 Å². The van der Waals surface area contributed by atoms with Crippen molar-refractivity contribution in [3.63, 3.8) is 0 Å². The van der Waals surface area contributed by atoms with E-state index in [1.807, 2.05) is 0 Å². The number of benzene rings is 2. The van der Waals surface area contributed by atoms with E-state index in [9.17, 15) is 22.4 Å². The van der Waals surface area contributed by atoms with Crippen molar-refractivity contribution in [2.24, 2.45) is 0 Å². The molecule has 1 aliphatic rings. The topological polar surface area (TPSA) is 92.3 Å². The molecule has 1 aliphatic heterocycles. The maximum Gasteiger partial charge on any atom is 0.225 e. The second-order valence-corrected chi connectivity index (χ2v) is 10.5. The molecule has 0 saturated carbocycles. The van der Waals surface area contributed by atoms with Crippen molar-refractivity contribution >= 4 is 56.4 Å². The number of hydrogen-bond donors (Lipinski definition) is 2. The third-order valence-corrected chi connectivity index (χ3v) is 7.85. The van der Waals surface area contributed by atoms with Gasteiger partial charge in [0.25, 0.3) is 0 Å². The molecule has 3 rings (SSSR count). The molecule has 2 aromatic rings. The summed E-state index contributed by atoms with van der Waals surface area (Å²) < 4.78 is 39.0. The van der Waals surface area contributed by atoms with Crippen LogP contribution in [0.25, 0.3) is 0 Å². The number of amides is 2. The highest BCUT2D eigenvalue weighted by molar-refractivity contribution is 7.99. The Morgan fingerprint density at radius 1 is 1.31 bits per heavy atom. The molecule has 10 heteroatoms. The van der Waals surface area contributed by atoms with Crippen molar-refractivity contribution in [2.75, 3.05) is 16.4 Å². The predicted molar refractivity (Wildman–Crippen MR) is 112 cm³/mol. The number of carbonyl (C=O) groups is 2. The van der Waals surface area contributed by atoms with Crippen molar-refractivity contribution in [3.8, 4) is 0 Å². The van der Waals surface area contributed by atoms with E-state index < -0.39 is 26.8 Å². The Bertz CT molecular complexity index is 1080. The van der Waals surface area contributed by atoms with Crippen LogP contribution in [0.3, 0.4) is 0 Å². The quantitative estimate of drug-likeness (QED) is 0.706. The average Bonchev–Trinajstić information content (AvgIpc) is 2.84. The fourth-order valence-corrected chi connectivity index (χ4v) is 5.26. The molecule has 2 aromatic carbocycles. The number of nitrogens with one attached hydrogen (secondary N) is 2. The zero-order valence-electron chi connectivity index (χ0n) is 15.4. The van der Waals surface area contributed by atoms with Crippen molar-refractivity contribution in [2.45, 2.75) is 34.8 Å². The van der Waals surface area contributed by atoms with E-state index in [1.165, 1.54) is 43.0 Å². The molecule has 0 saturated heterocycles. The van der Waals surface area contributed by atoms with Gasteiger partial charge in [0.15, 0.2) is 9.84 Å². The molecule has 29 heavy (non-hydrogen) atoms. The Balaban J connectivity index is 1.74. The molecule has 1 atom stereocenters. The normalized spacial score (nSPS) is 15.1. The Morgan fingerprint density at radius 3 is 2.79 bits per heavy atom. The minimum Gasteiger partial charge on any atom is -0.326 e. The molecule has 0 unspecified atom stereocenters. The van der Waals surface area contributed by atoms with E-state index in [1.54, 1.807) is 6.07 Å². The third kappa shape index (κ3) is 5.09. The number of anilines is 2. The highest BCUT2D eigenvalue weighted by Gasteiger charge is 2.27. The fraction of sp³-hybridized carbons (Fsp3) is 0.263. The molecule has 0 radical (unpaired) electrons. The van der Waals surface area contributed by atoms with Gasteiger partial charge in [0.05, 0.1) is 20.9 Å². The van der Waals surface area contributed by atoms with E-state index in [0.29, 0.717) is 17.9 Å². The standard InChI is InChI=1S/C19H18ClFN2O4S2/c1-11(8-19(25)22-12-2-4-15(21)14(20)9-12)29(26,27)13-3-5-17-16(10-13)23-18(24)6-7-28-17/h2-5,9-11H,6-8H2,1H3,(H,22,25)(H,23,24)/t11-/m1/s1. The molecule has 0 spiro atoms. The zero-order valence-corrected chi connectivity index (χ0v) is 17.8. The summed E-state index contributed by atoms with van der Waals surface area (Å²) in [5.74, 6) is -0.706. The summed E-state index contributed by atoms with van der Waals surface area (Å²) in [6, 6.07) is 8.26. The van der Waals surface area contributed by atoms with Crippen LogP contribution in [0.2, 0.25) is 5.02 Å². The summed E-state index contributed by atoms with van der Waals surface area (Å²) >= 11 is 7.16. The van der Waals surface area contributed by atoms with Crippen LogP contribution in [0.15, 0.2) is 46.2 Å². The molecule has 0 bridgehead atoms. The third-order valence-electron chi connectivity index (χ3n) is 4.35. The van der Waals surface area contributed by atoms with Crippen LogP contribution in [0.4, 0.5) is 15.8 Å². The van der Waals surface area contributed by atoms with Gasteiger partial charge in [0.2, 0.25) is 11.8 Å². The zero-order chi connectivity index (χ0) is 21.2. The second kappa shape index (κ2) is 8.73. The van der Waals surface area contributed by atoms with Crippen LogP contribution in [-0.4, -0.2) is 31.2 Å². The Kier molecular flexibility index (Phi) is 6.50. The molecule has 154 valence electrons. The molecule has 0 fully saturated rings. The largest absolute Gasteiger partial charge is 0.326 e. The summed E-state index contributed by atoms with van der Waals surface area (Å²) in [6.45, 7) is 1.44. The lowest BCUT2D eigenvalue weighted by Crippen LogP contribution is -2.25. The lowest BCUT2D eigenvalue weighted by atomic mass is 10.2. The minimum absolute atomic E-state index is 0.0316.